The SMILES string of the molecule is CCN1CCN(C(=O)[C@H](C)N2CCN(S(=O)(=O)c3ccccc3[N+](=O)[O-])CC2)CC1. The molecule has 0 N–H and O–H groups in total. The number of nitrogens with zero attached hydrogens (tertiary/aromatic N) is 5. The molecule has 0 aromatic heterocycles. The van der Waals surface area contributed by atoms with Gasteiger partial charge in [-0.15, -0.1) is 0 Å². The topological polar surface area (TPSA) is 107 Å². The molecular weight excluding hydrogens is 410 g/mol. The van der Waals surface area contributed by atoms with Crippen LogP contribution in [0.15, 0.2) is 29.2 Å². The van der Waals surface area contributed by atoms with Crippen molar-refractivity contribution in [3.8, 4) is 0 Å². The van der Waals surface area contributed by atoms with Crippen molar-refractivity contribution in [2.75, 3.05) is 58.9 Å². The Labute approximate surface area is 177 Å². The van der Waals surface area contributed by atoms with E-state index < -0.39 is 20.6 Å². The highest BCUT2D eigenvalue weighted by atomic mass is 32.2. The third-order valence-corrected chi connectivity index (χ3v) is 7.94. The summed E-state index contributed by atoms with van der Waals surface area (Å²) >= 11 is 0. The molecule has 1 amide bonds. The number of hydrogen-bond donors (Lipinski definition) is 0. The number of carbonyl (C=O) groups excluding carboxylic acids is 1. The molecule has 10 nitrogen and oxygen atoms in total. The minimum Gasteiger partial charge on any atom is -0.339 e. The highest BCUT2D eigenvalue weighted by Crippen LogP contribution is 2.27. The number of benzene rings is 1. The summed E-state index contributed by atoms with van der Waals surface area (Å²) in [5.41, 5.74) is -0.422. The zero-order valence-electron chi connectivity index (χ0n) is 17.4. The van der Waals surface area contributed by atoms with Crippen LogP contribution in [0.4, 0.5) is 5.69 Å². The van der Waals surface area contributed by atoms with E-state index in [0.29, 0.717) is 26.2 Å². The Balaban J connectivity index is 1.62. The molecule has 1 atom stereocenters. The van der Waals surface area contributed by atoms with Gasteiger partial charge in [-0.25, -0.2) is 8.42 Å². The van der Waals surface area contributed by atoms with Crippen LogP contribution in [0.25, 0.3) is 0 Å². The molecule has 166 valence electrons. The highest BCUT2D eigenvalue weighted by molar-refractivity contribution is 7.89. The minimum absolute atomic E-state index is 0.0701. The summed E-state index contributed by atoms with van der Waals surface area (Å²) in [6.45, 7) is 9.31. The summed E-state index contributed by atoms with van der Waals surface area (Å²) in [6.07, 6.45) is 0. The van der Waals surface area contributed by atoms with Gasteiger partial charge in [0, 0.05) is 58.4 Å². The van der Waals surface area contributed by atoms with Gasteiger partial charge in [-0.2, -0.15) is 4.31 Å². The highest BCUT2D eigenvalue weighted by Gasteiger charge is 2.36. The molecule has 1 aromatic carbocycles. The van der Waals surface area contributed by atoms with Crippen molar-refractivity contribution in [3.05, 3.63) is 34.4 Å². The summed E-state index contributed by atoms with van der Waals surface area (Å²) in [4.78, 5) is 29.3. The number of hydrogen-bond acceptors (Lipinski definition) is 7. The van der Waals surface area contributed by atoms with E-state index in [1.54, 1.807) is 0 Å². The summed E-state index contributed by atoms with van der Waals surface area (Å²) in [5.74, 6) is 0.0701. The molecular formula is C19H29N5O5S. The summed E-state index contributed by atoms with van der Waals surface area (Å²) in [7, 11) is -3.97. The lowest BCUT2D eigenvalue weighted by Gasteiger charge is -2.40. The molecule has 2 saturated heterocycles. The number of sulfonamides is 1. The van der Waals surface area contributed by atoms with Crippen LogP contribution < -0.4 is 0 Å². The fraction of sp³-hybridized carbons (Fsp3) is 0.632. The molecule has 11 heteroatoms. The van der Waals surface area contributed by atoms with Crippen molar-refractivity contribution in [2.45, 2.75) is 24.8 Å². The molecule has 0 bridgehead atoms. The number of nitro benzene ring substituents is 1. The van der Waals surface area contributed by atoms with E-state index in [-0.39, 0.29) is 29.9 Å². The van der Waals surface area contributed by atoms with Gasteiger partial charge in [0.25, 0.3) is 5.69 Å². The molecule has 0 spiro atoms. The van der Waals surface area contributed by atoms with E-state index in [1.807, 2.05) is 16.7 Å². The van der Waals surface area contributed by atoms with Crippen molar-refractivity contribution in [1.82, 2.24) is 19.0 Å². The zero-order chi connectivity index (χ0) is 21.9. The minimum atomic E-state index is -3.97. The maximum absolute atomic E-state index is 13.0. The Hall–Kier alpha value is -2.08. The van der Waals surface area contributed by atoms with Gasteiger partial charge in [0.05, 0.1) is 11.0 Å². The quantitative estimate of drug-likeness (QED) is 0.468. The van der Waals surface area contributed by atoms with E-state index in [1.165, 1.54) is 28.6 Å². The third kappa shape index (κ3) is 4.64. The van der Waals surface area contributed by atoms with Crippen LogP contribution in [0.5, 0.6) is 0 Å². The Kier molecular flexibility index (Phi) is 7.06. The summed E-state index contributed by atoms with van der Waals surface area (Å²) in [6, 6.07) is 5.07. The van der Waals surface area contributed by atoms with Crippen LogP contribution in [0.1, 0.15) is 13.8 Å². The second-order valence-electron chi connectivity index (χ2n) is 7.60. The number of likely N-dealkylation sites (N-methyl/N-ethyl adjacent to an activating group) is 1. The van der Waals surface area contributed by atoms with Crippen molar-refractivity contribution in [1.29, 1.82) is 0 Å². The summed E-state index contributed by atoms with van der Waals surface area (Å²) in [5, 5.41) is 11.2. The summed E-state index contributed by atoms with van der Waals surface area (Å²) < 4.78 is 27.2. The fourth-order valence-corrected chi connectivity index (χ4v) is 5.58. The first-order valence-electron chi connectivity index (χ1n) is 10.2. The lowest BCUT2D eigenvalue weighted by atomic mass is 10.2. The smallest absolute Gasteiger partial charge is 0.289 e. The van der Waals surface area contributed by atoms with Gasteiger partial charge < -0.3 is 9.80 Å². The predicted octanol–water partition coefficient (Wildman–Crippen LogP) is 0.454. The van der Waals surface area contributed by atoms with E-state index in [0.717, 1.165) is 19.6 Å². The van der Waals surface area contributed by atoms with Gasteiger partial charge >= 0.3 is 0 Å². The molecule has 0 aliphatic carbocycles. The van der Waals surface area contributed by atoms with E-state index in [2.05, 4.69) is 11.8 Å². The number of piperazine rings is 2. The van der Waals surface area contributed by atoms with Crippen LogP contribution in [0, 0.1) is 10.1 Å². The number of para-hydroxylation sites is 1. The zero-order valence-corrected chi connectivity index (χ0v) is 18.3. The molecule has 0 radical (unpaired) electrons. The van der Waals surface area contributed by atoms with Gasteiger partial charge in [-0.05, 0) is 19.5 Å². The number of amides is 1. The molecule has 2 aliphatic heterocycles. The van der Waals surface area contributed by atoms with E-state index in [9.17, 15) is 23.3 Å². The average Bonchev–Trinajstić information content (AvgIpc) is 2.78. The maximum atomic E-state index is 13.0. The molecule has 2 aliphatic rings. The third-order valence-electron chi connectivity index (χ3n) is 5.99. The first-order valence-corrected chi connectivity index (χ1v) is 11.7. The van der Waals surface area contributed by atoms with Crippen LogP contribution in [-0.2, 0) is 14.8 Å². The van der Waals surface area contributed by atoms with E-state index >= 15 is 0 Å². The van der Waals surface area contributed by atoms with Gasteiger partial charge in [0.2, 0.25) is 15.9 Å². The molecule has 2 heterocycles. The number of nitro groups is 1. The van der Waals surface area contributed by atoms with Crippen molar-refractivity contribution >= 4 is 21.6 Å². The van der Waals surface area contributed by atoms with Crippen molar-refractivity contribution in [2.24, 2.45) is 0 Å². The second-order valence-corrected chi connectivity index (χ2v) is 9.51. The molecule has 2 fully saturated rings. The standard InChI is InChI=1S/C19H29N5O5S/c1-3-20-8-10-22(11-9-20)19(25)16(2)21-12-14-23(15-13-21)30(28,29)18-7-5-4-6-17(18)24(26)27/h4-7,16H,3,8-15H2,1-2H3/t16-/m0/s1. The van der Waals surface area contributed by atoms with Crippen LogP contribution in [0.3, 0.4) is 0 Å². The first kappa shape index (κ1) is 22.6. The normalized spacial score (nSPS) is 20.8. The Morgan fingerprint density at radius 1 is 1.07 bits per heavy atom. The Morgan fingerprint density at radius 3 is 2.23 bits per heavy atom. The van der Waals surface area contributed by atoms with Gasteiger partial charge in [0.15, 0.2) is 4.90 Å². The lowest BCUT2D eigenvalue weighted by molar-refractivity contribution is -0.387. The van der Waals surface area contributed by atoms with Crippen LogP contribution in [0.2, 0.25) is 0 Å². The maximum Gasteiger partial charge on any atom is 0.289 e. The molecule has 0 unspecified atom stereocenters. The Morgan fingerprint density at radius 2 is 1.67 bits per heavy atom. The van der Waals surface area contributed by atoms with Gasteiger partial charge in [-0.3, -0.25) is 19.8 Å². The predicted molar refractivity (Wildman–Crippen MR) is 112 cm³/mol. The number of carbonyl (C=O) groups is 1. The first-order chi connectivity index (χ1) is 14.3. The monoisotopic (exact) mass is 439 g/mol. The van der Waals surface area contributed by atoms with Gasteiger partial charge in [-0.1, -0.05) is 19.1 Å². The Bertz CT molecular complexity index is 877. The molecule has 1 aromatic rings. The lowest BCUT2D eigenvalue weighted by Crippen LogP contribution is -2.57. The molecule has 0 saturated carbocycles. The molecule has 30 heavy (non-hydrogen) atoms. The average molecular weight is 440 g/mol. The largest absolute Gasteiger partial charge is 0.339 e. The van der Waals surface area contributed by atoms with Crippen molar-refractivity contribution < 1.29 is 18.1 Å². The second kappa shape index (κ2) is 9.38. The molecule has 3 rings (SSSR count). The van der Waals surface area contributed by atoms with Crippen molar-refractivity contribution in [3.63, 3.8) is 0 Å². The van der Waals surface area contributed by atoms with Crippen LogP contribution >= 0.6 is 0 Å². The fourth-order valence-electron chi connectivity index (χ4n) is 4.00. The van der Waals surface area contributed by atoms with E-state index in [4.69, 9.17) is 0 Å². The van der Waals surface area contributed by atoms with Gasteiger partial charge in [0.1, 0.15) is 0 Å². The van der Waals surface area contributed by atoms with Crippen LogP contribution in [-0.4, -0.2) is 103 Å². The number of rotatable bonds is 6.